The van der Waals surface area contributed by atoms with Crippen molar-refractivity contribution in [1.29, 1.82) is 0 Å². The fourth-order valence-electron chi connectivity index (χ4n) is 2.26. The zero-order valence-electron chi connectivity index (χ0n) is 14.7. The van der Waals surface area contributed by atoms with Crippen LogP contribution in [0.3, 0.4) is 0 Å². The maximum Gasteiger partial charge on any atom is 0.203 e. The Bertz CT molecular complexity index is 704. The molecule has 0 aliphatic carbocycles. The van der Waals surface area contributed by atoms with E-state index in [1.165, 1.54) is 0 Å². The Hall–Kier alpha value is -2.70. The van der Waals surface area contributed by atoms with Gasteiger partial charge in [-0.15, -0.1) is 0 Å². The molecule has 0 amide bonds. The predicted octanol–water partition coefficient (Wildman–Crippen LogP) is 2.82. The molecule has 24 heavy (non-hydrogen) atoms. The molecule has 3 N–H and O–H groups in total. The number of nitrogens with zero attached hydrogens (tertiary/aromatic N) is 2. The van der Waals surface area contributed by atoms with Crippen molar-refractivity contribution in [3.05, 3.63) is 18.3 Å². The second-order valence-corrected chi connectivity index (χ2v) is 5.65. The van der Waals surface area contributed by atoms with Gasteiger partial charge in [0.2, 0.25) is 5.75 Å². The number of anilines is 2. The number of nitrogen functional groups attached to an aromatic ring is 1. The average molecular weight is 332 g/mol. The number of hydrogen-bond acceptors (Lipinski definition) is 7. The van der Waals surface area contributed by atoms with Crippen molar-refractivity contribution in [2.45, 2.75) is 13.8 Å². The van der Waals surface area contributed by atoms with E-state index >= 15 is 0 Å². The first-order valence-electron chi connectivity index (χ1n) is 7.67. The molecule has 0 unspecified atom stereocenters. The lowest BCUT2D eigenvalue weighted by atomic mass is 10.1. The van der Waals surface area contributed by atoms with Gasteiger partial charge in [0.25, 0.3) is 0 Å². The minimum atomic E-state index is 0.360. The fourth-order valence-corrected chi connectivity index (χ4v) is 2.26. The summed E-state index contributed by atoms with van der Waals surface area (Å²) < 4.78 is 16.2. The van der Waals surface area contributed by atoms with Gasteiger partial charge in [-0.3, -0.25) is 0 Å². The van der Waals surface area contributed by atoms with Gasteiger partial charge in [-0.1, -0.05) is 13.8 Å². The van der Waals surface area contributed by atoms with Crippen LogP contribution in [0, 0.1) is 5.92 Å². The first-order chi connectivity index (χ1) is 11.5. The van der Waals surface area contributed by atoms with E-state index < -0.39 is 0 Å². The van der Waals surface area contributed by atoms with Crippen molar-refractivity contribution in [2.75, 3.05) is 38.9 Å². The third-order valence-corrected chi connectivity index (χ3v) is 3.46. The molecule has 130 valence electrons. The highest BCUT2D eigenvalue weighted by atomic mass is 16.5. The van der Waals surface area contributed by atoms with Crippen LogP contribution in [0.15, 0.2) is 18.3 Å². The Kier molecular flexibility index (Phi) is 5.68. The van der Waals surface area contributed by atoms with Gasteiger partial charge in [0.15, 0.2) is 23.1 Å². The summed E-state index contributed by atoms with van der Waals surface area (Å²) in [5.41, 5.74) is 7.29. The molecule has 0 aliphatic heterocycles. The minimum Gasteiger partial charge on any atom is -0.493 e. The summed E-state index contributed by atoms with van der Waals surface area (Å²) in [5, 5.41) is 3.22. The summed E-state index contributed by atoms with van der Waals surface area (Å²) in [6.45, 7) is 4.97. The van der Waals surface area contributed by atoms with Gasteiger partial charge < -0.3 is 25.3 Å². The number of nitrogens with one attached hydrogen (secondary N) is 1. The molecule has 0 radical (unpaired) electrons. The molecule has 1 aromatic carbocycles. The molecule has 0 bridgehead atoms. The number of aromatic nitrogens is 2. The van der Waals surface area contributed by atoms with Gasteiger partial charge >= 0.3 is 0 Å². The van der Waals surface area contributed by atoms with Crippen molar-refractivity contribution in [3.63, 3.8) is 0 Å². The Labute approximate surface area is 142 Å². The van der Waals surface area contributed by atoms with Crippen molar-refractivity contribution < 1.29 is 14.2 Å². The first-order valence-corrected chi connectivity index (χ1v) is 7.67. The van der Waals surface area contributed by atoms with Crippen LogP contribution in [-0.4, -0.2) is 37.8 Å². The lowest BCUT2D eigenvalue weighted by molar-refractivity contribution is 0.325. The average Bonchev–Trinajstić information content (AvgIpc) is 2.59. The van der Waals surface area contributed by atoms with Crippen molar-refractivity contribution in [2.24, 2.45) is 5.92 Å². The number of hydrogen-bond donors (Lipinski definition) is 2. The number of rotatable bonds is 7. The number of nitrogens with two attached hydrogens (primary N) is 1. The van der Waals surface area contributed by atoms with E-state index in [0.717, 1.165) is 12.1 Å². The van der Waals surface area contributed by atoms with Gasteiger partial charge in [-0.25, -0.2) is 9.97 Å². The Balaban J connectivity index is 2.50. The highest BCUT2D eigenvalue weighted by Gasteiger charge is 2.19. The highest BCUT2D eigenvalue weighted by molar-refractivity contribution is 5.75. The Morgan fingerprint density at radius 1 is 1.08 bits per heavy atom. The van der Waals surface area contributed by atoms with E-state index in [-0.39, 0.29) is 0 Å². The molecule has 7 heteroatoms. The van der Waals surface area contributed by atoms with Gasteiger partial charge in [0.05, 0.1) is 33.2 Å². The second kappa shape index (κ2) is 7.72. The smallest absolute Gasteiger partial charge is 0.203 e. The monoisotopic (exact) mass is 332 g/mol. The zero-order chi connectivity index (χ0) is 17.7. The Morgan fingerprint density at radius 2 is 1.79 bits per heavy atom. The van der Waals surface area contributed by atoms with Gasteiger partial charge in [-0.05, 0) is 18.1 Å². The van der Waals surface area contributed by atoms with Crippen LogP contribution >= 0.6 is 0 Å². The van der Waals surface area contributed by atoms with Gasteiger partial charge in [0, 0.05) is 12.1 Å². The SMILES string of the molecule is COc1ccc(-c2cnc(N)c(NCC(C)C)n2)c(OC)c1OC. The lowest BCUT2D eigenvalue weighted by Gasteiger charge is -2.16. The van der Waals surface area contributed by atoms with E-state index in [1.807, 2.05) is 6.07 Å². The summed E-state index contributed by atoms with van der Waals surface area (Å²) in [4.78, 5) is 8.81. The number of benzene rings is 1. The fraction of sp³-hybridized carbons (Fsp3) is 0.412. The molecule has 7 nitrogen and oxygen atoms in total. The van der Waals surface area contributed by atoms with E-state index in [4.69, 9.17) is 19.9 Å². The molecule has 0 saturated carbocycles. The predicted molar refractivity (Wildman–Crippen MR) is 94.9 cm³/mol. The maximum atomic E-state index is 5.91. The van der Waals surface area contributed by atoms with E-state index in [9.17, 15) is 0 Å². The molecule has 1 aromatic heterocycles. The molecule has 0 spiro atoms. The summed E-state index contributed by atoms with van der Waals surface area (Å²) >= 11 is 0. The first kappa shape index (κ1) is 17.7. The van der Waals surface area contributed by atoms with Crippen LogP contribution in [0.5, 0.6) is 17.2 Å². The van der Waals surface area contributed by atoms with Crippen LogP contribution in [-0.2, 0) is 0 Å². The zero-order valence-corrected chi connectivity index (χ0v) is 14.7. The largest absolute Gasteiger partial charge is 0.493 e. The van der Waals surface area contributed by atoms with E-state index in [1.54, 1.807) is 33.6 Å². The normalized spacial score (nSPS) is 10.6. The number of methoxy groups -OCH3 is 3. The maximum absolute atomic E-state index is 5.91. The van der Waals surface area contributed by atoms with Gasteiger partial charge in [-0.2, -0.15) is 0 Å². The van der Waals surface area contributed by atoms with Crippen LogP contribution in [0.1, 0.15) is 13.8 Å². The molecule has 1 heterocycles. The molecule has 2 rings (SSSR count). The third kappa shape index (κ3) is 3.61. The molecule has 0 saturated heterocycles. The molecule has 0 atom stereocenters. The Morgan fingerprint density at radius 3 is 2.38 bits per heavy atom. The van der Waals surface area contributed by atoms with E-state index in [0.29, 0.717) is 40.5 Å². The van der Waals surface area contributed by atoms with Gasteiger partial charge in [0.1, 0.15) is 0 Å². The number of ether oxygens (including phenoxy) is 3. The second-order valence-electron chi connectivity index (χ2n) is 5.65. The summed E-state index contributed by atoms with van der Waals surface area (Å²) in [6.07, 6.45) is 1.61. The lowest BCUT2D eigenvalue weighted by Crippen LogP contribution is -2.12. The standard InChI is InChI=1S/C17H24N4O3/c1-10(2)8-20-17-16(18)19-9-12(21-17)11-6-7-13(22-3)15(24-5)14(11)23-4/h6-7,9-10H,8H2,1-5H3,(H2,18,19)(H,20,21). The van der Waals surface area contributed by atoms with E-state index in [2.05, 4.69) is 29.1 Å². The van der Waals surface area contributed by atoms with Crippen molar-refractivity contribution >= 4 is 11.6 Å². The molecule has 0 aliphatic rings. The molecular weight excluding hydrogens is 308 g/mol. The van der Waals surface area contributed by atoms with Crippen molar-refractivity contribution in [1.82, 2.24) is 9.97 Å². The van der Waals surface area contributed by atoms with Crippen LogP contribution < -0.4 is 25.3 Å². The third-order valence-electron chi connectivity index (χ3n) is 3.46. The topological polar surface area (TPSA) is 91.5 Å². The van der Waals surface area contributed by atoms with Crippen LogP contribution in [0.2, 0.25) is 0 Å². The quantitative estimate of drug-likeness (QED) is 0.805. The molecule has 0 fully saturated rings. The van der Waals surface area contributed by atoms with Crippen LogP contribution in [0.25, 0.3) is 11.3 Å². The summed E-state index contributed by atoms with van der Waals surface area (Å²) in [7, 11) is 4.71. The molecule has 2 aromatic rings. The highest BCUT2D eigenvalue weighted by Crippen LogP contribution is 2.43. The molecular formula is C17H24N4O3. The summed E-state index contributed by atoms with van der Waals surface area (Å²) in [5.74, 6) is 3.00. The van der Waals surface area contributed by atoms with Crippen LogP contribution in [0.4, 0.5) is 11.6 Å². The minimum absolute atomic E-state index is 0.360. The van der Waals surface area contributed by atoms with Crippen molar-refractivity contribution in [3.8, 4) is 28.5 Å². The summed E-state index contributed by atoms with van der Waals surface area (Å²) in [6, 6.07) is 3.66.